The van der Waals surface area contributed by atoms with E-state index in [0.29, 0.717) is 25.2 Å². The van der Waals surface area contributed by atoms with Crippen LogP contribution in [0.25, 0.3) is 0 Å². The van der Waals surface area contributed by atoms with Crippen LogP contribution in [0.2, 0.25) is 0 Å². The van der Waals surface area contributed by atoms with E-state index in [1.165, 1.54) is 0 Å². The Morgan fingerprint density at radius 1 is 1.17 bits per heavy atom. The zero-order valence-electron chi connectivity index (χ0n) is 10.5. The smallest absolute Gasteiger partial charge is 0.255 e. The summed E-state index contributed by atoms with van der Waals surface area (Å²) in [4.78, 5) is 31.1. The Kier molecular flexibility index (Phi) is 3.92. The summed E-state index contributed by atoms with van der Waals surface area (Å²) >= 11 is 0. The van der Waals surface area contributed by atoms with Gasteiger partial charge in [0.15, 0.2) is 0 Å². The zero-order chi connectivity index (χ0) is 13.0. The molecular formula is C13H17N3O2. The van der Waals surface area contributed by atoms with E-state index in [0.717, 1.165) is 13.0 Å². The molecule has 1 aromatic heterocycles. The summed E-state index contributed by atoms with van der Waals surface area (Å²) < 4.78 is 0. The third-order valence-electron chi connectivity index (χ3n) is 3.14. The Labute approximate surface area is 106 Å². The Morgan fingerprint density at radius 3 is 2.56 bits per heavy atom. The molecule has 0 bridgehead atoms. The Morgan fingerprint density at radius 2 is 1.89 bits per heavy atom. The molecule has 0 saturated carbocycles. The molecule has 0 N–H and O–H groups in total. The third-order valence-corrected chi connectivity index (χ3v) is 3.14. The summed E-state index contributed by atoms with van der Waals surface area (Å²) in [5.74, 6) is 0.0687. The lowest BCUT2D eigenvalue weighted by molar-refractivity contribution is -0.128. The lowest BCUT2D eigenvalue weighted by atomic mass is 10.2. The molecule has 0 spiro atoms. The molecule has 1 saturated heterocycles. The summed E-state index contributed by atoms with van der Waals surface area (Å²) in [7, 11) is 0. The first-order chi connectivity index (χ1) is 8.68. The third kappa shape index (κ3) is 2.85. The maximum atomic E-state index is 12.2. The topological polar surface area (TPSA) is 53.5 Å². The molecule has 5 heteroatoms. The first-order valence-electron chi connectivity index (χ1n) is 6.13. The van der Waals surface area contributed by atoms with Crippen LogP contribution in [0, 0.1) is 0 Å². The molecule has 96 valence electrons. The average Bonchev–Trinajstić information content (AvgIpc) is 2.64. The van der Waals surface area contributed by atoms with Gasteiger partial charge in [-0.3, -0.25) is 14.6 Å². The van der Waals surface area contributed by atoms with Gasteiger partial charge in [-0.2, -0.15) is 0 Å². The van der Waals surface area contributed by atoms with Gasteiger partial charge in [0, 0.05) is 45.5 Å². The normalized spacial score (nSPS) is 16.3. The minimum Gasteiger partial charge on any atom is -0.341 e. The fourth-order valence-electron chi connectivity index (χ4n) is 2.11. The van der Waals surface area contributed by atoms with E-state index in [1.807, 2.05) is 0 Å². The van der Waals surface area contributed by atoms with Crippen LogP contribution in [0.15, 0.2) is 24.5 Å². The number of aromatic nitrogens is 1. The molecular weight excluding hydrogens is 230 g/mol. The van der Waals surface area contributed by atoms with Crippen LogP contribution in [0.4, 0.5) is 0 Å². The molecule has 18 heavy (non-hydrogen) atoms. The first-order valence-corrected chi connectivity index (χ1v) is 6.13. The van der Waals surface area contributed by atoms with E-state index in [2.05, 4.69) is 4.98 Å². The van der Waals surface area contributed by atoms with Crippen LogP contribution in [0.3, 0.4) is 0 Å². The first kappa shape index (κ1) is 12.5. The van der Waals surface area contributed by atoms with Crippen molar-refractivity contribution in [1.29, 1.82) is 0 Å². The highest BCUT2D eigenvalue weighted by Gasteiger charge is 2.21. The summed E-state index contributed by atoms with van der Waals surface area (Å²) in [5, 5.41) is 0. The molecule has 1 aliphatic rings. The number of carbonyl (C=O) groups excluding carboxylic acids is 2. The van der Waals surface area contributed by atoms with Crippen molar-refractivity contribution in [1.82, 2.24) is 14.8 Å². The van der Waals surface area contributed by atoms with Crippen LogP contribution in [0.5, 0.6) is 0 Å². The second kappa shape index (κ2) is 5.62. The molecule has 5 nitrogen and oxygen atoms in total. The second-order valence-corrected chi connectivity index (χ2v) is 4.39. The largest absolute Gasteiger partial charge is 0.341 e. The van der Waals surface area contributed by atoms with Crippen molar-refractivity contribution in [3.8, 4) is 0 Å². The number of pyridine rings is 1. The van der Waals surface area contributed by atoms with Gasteiger partial charge in [-0.15, -0.1) is 0 Å². The van der Waals surface area contributed by atoms with Crippen molar-refractivity contribution in [2.24, 2.45) is 0 Å². The molecule has 2 rings (SSSR count). The van der Waals surface area contributed by atoms with Gasteiger partial charge in [0.25, 0.3) is 5.91 Å². The van der Waals surface area contributed by atoms with Gasteiger partial charge in [0.2, 0.25) is 5.91 Å². The number of nitrogens with zero attached hydrogens (tertiary/aromatic N) is 3. The molecule has 0 unspecified atom stereocenters. The van der Waals surface area contributed by atoms with Crippen LogP contribution in [0.1, 0.15) is 23.7 Å². The van der Waals surface area contributed by atoms with Gasteiger partial charge in [-0.25, -0.2) is 0 Å². The van der Waals surface area contributed by atoms with E-state index in [9.17, 15) is 9.59 Å². The standard InChI is InChI=1S/C13H17N3O2/c1-11(17)15-6-3-7-16(9-8-15)13(18)12-4-2-5-14-10-12/h2,4-5,10H,3,6-9H2,1H3. The molecule has 0 aliphatic carbocycles. The van der Waals surface area contributed by atoms with Crippen LogP contribution < -0.4 is 0 Å². The van der Waals surface area contributed by atoms with Gasteiger partial charge in [0.05, 0.1) is 5.56 Å². The molecule has 0 aromatic carbocycles. The van der Waals surface area contributed by atoms with E-state index in [1.54, 1.807) is 41.2 Å². The summed E-state index contributed by atoms with van der Waals surface area (Å²) in [6.07, 6.45) is 4.05. The van der Waals surface area contributed by atoms with Gasteiger partial charge in [0.1, 0.15) is 0 Å². The number of rotatable bonds is 1. The Balaban J connectivity index is 2.02. The average molecular weight is 247 g/mol. The lowest BCUT2D eigenvalue weighted by Gasteiger charge is -2.21. The van der Waals surface area contributed by atoms with E-state index >= 15 is 0 Å². The molecule has 0 radical (unpaired) electrons. The predicted molar refractivity (Wildman–Crippen MR) is 67.0 cm³/mol. The van der Waals surface area contributed by atoms with Crippen molar-refractivity contribution >= 4 is 11.8 Å². The Hall–Kier alpha value is -1.91. The van der Waals surface area contributed by atoms with Crippen molar-refractivity contribution in [2.75, 3.05) is 26.2 Å². The highest BCUT2D eigenvalue weighted by molar-refractivity contribution is 5.93. The van der Waals surface area contributed by atoms with Crippen molar-refractivity contribution in [3.63, 3.8) is 0 Å². The fourth-order valence-corrected chi connectivity index (χ4v) is 2.11. The molecule has 0 atom stereocenters. The summed E-state index contributed by atoms with van der Waals surface area (Å²) in [5.41, 5.74) is 0.605. The highest BCUT2D eigenvalue weighted by atomic mass is 16.2. The van der Waals surface area contributed by atoms with Crippen molar-refractivity contribution < 1.29 is 9.59 Å². The number of hydrogen-bond donors (Lipinski definition) is 0. The maximum absolute atomic E-state index is 12.2. The highest BCUT2D eigenvalue weighted by Crippen LogP contribution is 2.08. The van der Waals surface area contributed by atoms with E-state index < -0.39 is 0 Å². The Bertz CT molecular complexity index is 433. The minimum atomic E-state index is -0.00602. The number of amides is 2. The summed E-state index contributed by atoms with van der Waals surface area (Å²) in [6, 6.07) is 3.52. The fraction of sp³-hybridized carbons (Fsp3) is 0.462. The quantitative estimate of drug-likeness (QED) is 0.736. The van der Waals surface area contributed by atoms with E-state index in [-0.39, 0.29) is 11.8 Å². The zero-order valence-corrected chi connectivity index (χ0v) is 10.5. The number of carbonyl (C=O) groups is 2. The SMILES string of the molecule is CC(=O)N1CCCN(C(=O)c2cccnc2)CC1. The monoisotopic (exact) mass is 247 g/mol. The number of hydrogen-bond acceptors (Lipinski definition) is 3. The van der Waals surface area contributed by atoms with Crippen molar-refractivity contribution in [2.45, 2.75) is 13.3 Å². The predicted octanol–water partition coefficient (Wildman–Crippen LogP) is 0.776. The van der Waals surface area contributed by atoms with Gasteiger partial charge in [-0.05, 0) is 18.6 Å². The van der Waals surface area contributed by atoms with Gasteiger partial charge >= 0.3 is 0 Å². The second-order valence-electron chi connectivity index (χ2n) is 4.39. The van der Waals surface area contributed by atoms with Gasteiger partial charge < -0.3 is 9.80 Å². The molecule has 1 aromatic rings. The van der Waals surface area contributed by atoms with Crippen molar-refractivity contribution in [3.05, 3.63) is 30.1 Å². The van der Waals surface area contributed by atoms with E-state index in [4.69, 9.17) is 0 Å². The van der Waals surface area contributed by atoms with Crippen LogP contribution >= 0.6 is 0 Å². The summed E-state index contributed by atoms with van der Waals surface area (Å²) in [6.45, 7) is 4.19. The van der Waals surface area contributed by atoms with Crippen LogP contribution in [-0.4, -0.2) is 52.8 Å². The lowest BCUT2D eigenvalue weighted by Crippen LogP contribution is -2.36. The molecule has 1 fully saturated rings. The minimum absolute atomic E-state index is 0.00602. The maximum Gasteiger partial charge on any atom is 0.255 e. The molecule has 2 amide bonds. The van der Waals surface area contributed by atoms with Gasteiger partial charge in [-0.1, -0.05) is 0 Å². The molecule has 2 heterocycles. The molecule has 1 aliphatic heterocycles. The van der Waals surface area contributed by atoms with Crippen LogP contribution in [-0.2, 0) is 4.79 Å².